The summed E-state index contributed by atoms with van der Waals surface area (Å²) in [7, 11) is 0. The number of nitrogens with zero attached hydrogens (tertiary/aromatic N) is 3. The molecule has 128 valence electrons. The highest BCUT2D eigenvalue weighted by Gasteiger charge is 2.31. The Morgan fingerprint density at radius 1 is 1.29 bits per heavy atom. The molecule has 2 amide bonds. The molecule has 1 aliphatic rings. The number of aromatic nitrogens is 2. The quantitative estimate of drug-likeness (QED) is 0.905. The van der Waals surface area contributed by atoms with Crippen LogP contribution in [-0.4, -0.2) is 27.6 Å². The molecule has 0 saturated carbocycles. The lowest BCUT2D eigenvalue weighted by molar-refractivity contribution is 0.184. The number of hydrogen-bond acceptors (Lipinski definition) is 4. The second kappa shape index (κ2) is 6.94. The minimum Gasteiger partial charge on any atom is -0.340 e. The molecule has 1 aromatic carbocycles. The first-order valence-electron chi connectivity index (χ1n) is 7.88. The summed E-state index contributed by atoms with van der Waals surface area (Å²) in [6, 6.07) is 2.49. The zero-order valence-electron chi connectivity index (χ0n) is 13.3. The molecule has 1 fully saturated rings. The molecule has 2 heterocycles. The predicted molar refractivity (Wildman–Crippen MR) is 82.3 cm³/mol. The van der Waals surface area contributed by atoms with Crippen molar-refractivity contribution in [2.24, 2.45) is 0 Å². The Labute approximate surface area is 137 Å². The molecule has 1 aliphatic heterocycles. The largest absolute Gasteiger partial charge is 0.340 e. The van der Waals surface area contributed by atoms with E-state index in [4.69, 9.17) is 4.52 Å². The van der Waals surface area contributed by atoms with Crippen LogP contribution >= 0.6 is 0 Å². The van der Waals surface area contributed by atoms with Gasteiger partial charge in [0.25, 0.3) is 0 Å². The van der Waals surface area contributed by atoms with Crippen molar-refractivity contribution in [1.82, 2.24) is 15.0 Å². The summed E-state index contributed by atoms with van der Waals surface area (Å²) < 4.78 is 32.5. The summed E-state index contributed by atoms with van der Waals surface area (Å²) in [6.07, 6.45) is 3.36. The third kappa shape index (κ3) is 3.37. The molecule has 3 rings (SSSR count). The standard InChI is InChI=1S/C16H18F2N4O2/c1-10-19-15(21-24-10)13-8-3-2-4-9-22(13)16(23)20-14-11(17)6-5-7-12(14)18/h5-7,13H,2-4,8-9H2,1H3,(H,20,23)/t13-/m0/s1. The molecule has 1 atom stereocenters. The number of anilines is 1. The van der Waals surface area contributed by atoms with Crippen molar-refractivity contribution in [2.45, 2.75) is 38.6 Å². The van der Waals surface area contributed by atoms with Gasteiger partial charge in [-0.3, -0.25) is 0 Å². The summed E-state index contributed by atoms with van der Waals surface area (Å²) in [5.74, 6) is -0.802. The van der Waals surface area contributed by atoms with Crippen LogP contribution in [-0.2, 0) is 0 Å². The van der Waals surface area contributed by atoms with E-state index in [9.17, 15) is 13.6 Å². The summed E-state index contributed by atoms with van der Waals surface area (Å²) in [4.78, 5) is 18.3. The SMILES string of the molecule is Cc1nc([C@@H]2CCCCCN2C(=O)Nc2c(F)cccc2F)no1. The first-order valence-corrected chi connectivity index (χ1v) is 7.88. The van der Waals surface area contributed by atoms with E-state index in [0.717, 1.165) is 31.4 Å². The fourth-order valence-corrected chi connectivity index (χ4v) is 2.87. The molecule has 1 N–H and O–H groups in total. The zero-order valence-corrected chi connectivity index (χ0v) is 13.3. The Morgan fingerprint density at radius 3 is 2.71 bits per heavy atom. The minimum atomic E-state index is -0.815. The Bertz CT molecular complexity index is 714. The average Bonchev–Trinajstić information content (AvgIpc) is 2.83. The fourth-order valence-electron chi connectivity index (χ4n) is 2.87. The second-order valence-electron chi connectivity index (χ2n) is 5.76. The van der Waals surface area contributed by atoms with Crippen molar-refractivity contribution in [3.8, 4) is 0 Å². The lowest BCUT2D eigenvalue weighted by atomic mass is 10.1. The molecule has 0 bridgehead atoms. The van der Waals surface area contributed by atoms with E-state index in [1.165, 1.54) is 11.0 Å². The predicted octanol–water partition coefficient (Wildman–Crippen LogP) is 3.81. The van der Waals surface area contributed by atoms with Crippen LogP contribution in [0.15, 0.2) is 22.7 Å². The van der Waals surface area contributed by atoms with Gasteiger partial charge in [-0.05, 0) is 25.0 Å². The van der Waals surface area contributed by atoms with Crippen LogP contribution in [0.25, 0.3) is 0 Å². The van der Waals surface area contributed by atoms with Gasteiger partial charge in [0.2, 0.25) is 5.89 Å². The highest BCUT2D eigenvalue weighted by molar-refractivity contribution is 5.89. The van der Waals surface area contributed by atoms with Gasteiger partial charge in [0, 0.05) is 13.5 Å². The Hall–Kier alpha value is -2.51. The van der Waals surface area contributed by atoms with Crippen molar-refractivity contribution in [3.63, 3.8) is 0 Å². The lowest BCUT2D eigenvalue weighted by Gasteiger charge is -2.28. The summed E-state index contributed by atoms with van der Waals surface area (Å²) in [5.41, 5.74) is -0.449. The van der Waals surface area contributed by atoms with Crippen LogP contribution in [0.3, 0.4) is 0 Å². The van der Waals surface area contributed by atoms with E-state index >= 15 is 0 Å². The molecule has 8 heteroatoms. The number of rotatable bonds is 2. The molecule has 2 aromatic rings. The third-order valence-corrected chi connectivity index (χ3v) is 4.05. The normalized spacial score (nSPS) is 18.3. The Kier molecular flexibility index (Phi) is 4.73. The number of hydrogen-bond donors (Lipinski definition) is 1. The Balaban J connectivity index is 1.84. The molecular weight excluding hydrogens is 318 g/mol. The first kappa shape index (κ1) is 16.4. The number of halogens is 2. The number of carbonyl (C=O) groups is 1. The number of urea groups is 1. The lowest BCUT2D eigenvalue weighted by Crippen LogP contribution is -2.38. The van der Waals surface area contributed by atoms with Crippen LogP contribution in [0.1, 0.15) is 43.4 Å². The number of likely N-dealkylation sites (tertiary alicyclic amines) is 1. The van der Waals surface area contributed by atoms with E-state index < -0.39 is 23.4 Å². The van der Waals surface area contributed by atoms with Gasteiger partial charge in [-0.2, -0.15) is 4.98 Å². The maximum atomic E-state index is 13.8. The van der Waals surface area contributed by atoms with Gasteiger partial charge < -0.3 is 14.7 Å². The van der Waals surface area contributed by atoms with Gasteiger partial charge in [-0.25, -0.2) is 13.6 Å². The number of para-hydroxylation sites is 1. The second-order valence-corrected chi connectivity index (χ2v) is 5.76. The van der Waals surface area contributed by atoms with Crippen LogP contribution in [0.4, 0.5) is 19.3 Å². The molecule has 1 aromatic heterocycles. The minimum absolute atomic E-state index is 0.375. The van der Waals surface area contributed by atoms with Crippen LogP contribution < -0.4 is 5.32 Å². The van der Waals surface area contributed by atoms with Gasteiger partial charge in [-0.15, -0.1) is 0 Å². The first-order chi connectivity index (χ1) is 11.6. The highest BCUT2D eigenvalue weighted by Crippen LogP contribution is 2.29. The number of nitrogens with one attached hydrogen (secondary N) is 1. The molecule has 24 heavy (non-hydrogen) atoms. The molecule has 0 aliphatic carbocycles. The van der Waals surface area contributed by atoms with Crippen LogP contribution in [0.2, 0.25) is 0 Å². The number of carbonyl (C=O) groups excluding carboxylic acids is 1. The maximum absolute atomic E-state index is 13.8. The van der Waals surface area contributed by atoms with Crippen molar-refractivity contribution < 1.29 is 18.1 Å². The summed E-state index contributed by atoms with van der Waals surface area (Å²) in [5, 5.41) is 6.23. The van der Waals surface area contributed by atoms with Gasteiger partial charge in [-0.1, -0.05) is 24.1 Å². The highest BCUT2D eigenvalue weighted by atomic mass is 19.1. The zero-order chi connectivity index (χ0) is 17.1. The van der Waals surface area contributed by atoms with Gasteiger partial charge >= 0.3 is 6.03 Å². The van der Waals surface area contributed by atoms with E-state index in [0.29, 0.717) is 24.7 Å². The van der Waals surface area contributed by atoms with E-state index in [1.54, 1.807) is 6.92 Å². The molecular formula is C16H18F2N4O2. The molecule has 0 radical (unpaired) electrons. The molecule has 6 nitrogen and oxygen atoms in total. The van der Waals surface area contributed by atoms with Gasteiger partial charge in [0.05, 0.1) is 6.04 Å². The van der Waals surface area contributed by atoms with E-state index in [-0.39, 0.29) is 6.04 Å². The van der Waals surface area contributed by atoms with Crippen LogP contribution in [0, 0.1) is 18.6 Å². The van der Waals surface area contributed by atoms with Crippen molar-refractivity contribution >= 4 is 11.7 Å². The van der Waals surface area contributed by atoms with E-state index in [2.05, 4.69) is 15.5 Å². The topological polar surface area (TPSA) is 71.3 Å². The smallest absolute Gasteiger partial charge is 0.322 e. The molecule has 0 unspecified atom stereocenters. The average molecular weight is 336 g/mol. The summed E-state index contributed by atoms with van der Waals surface area (Å²) >= 11 is 0. The number of aryl methyl sites for hydroxylation is 1. The number of benzene rings is 1. The fraction of sp³-hybridized carbons (Fsp3) is 0.438. The van der Waals surface area contributed by atoms with Gasteiger partial charge in [0.1, 0.15) is 17.3 Å². The maximum Gasteiger partial charge on any atom is 0.322 e. The van der Waals surface area contributed by atoms with Crippen molar-refractivity contribution in [3.05, 3.63) is 41.5 Å². The molecule has 0 spiro atoms. The summed E-state index contributed by atoms with van der Waals surface area (Å²) in [6.45, 7) is 2.13. The molecule has 1 saturated heterocycles. The Morgan fingerprint density at radius 2 is 2.04 bits per heavy atom. The number of amides is 2. The third-order valence-electron chi connectivity index (χ3n) is 4.05. The van der Waals surface area contributed by atoms with Gasteiger partial charge in [0.15, 0.2) is 5.82 Å². The monoisotopic (exact) mass is 336 g/mol. The van der Waals surface area contributed by atoms with Crippen molar-refractivity contribution in [1.29, 1.82) is 0 Å². The van der Waals surface area contributed by atoms with Crippen LogP contribution in [0.5, 0.6) is 0 Å². The van der Waals surface area contributed by atoms with E-state index in [1.807, 2.05) is 0 Å². The van der Waals surface area contributed by atoms with Crippen molar-refractivity contribution in [2.75, 3.05) is 11.9 Å².